The van der Waals surface area contributed by atoms with Crippen LogP contribution in [0.3, 0.4) is 0 Å². The predicted molar refractivity (Wildman–Crippen MR) is 122 cm³/mol. The lowest BCUT2D eigenvalue weighted by Crippen LogP contribution is -2.38. The summed E-state index contributed by atoms with van der Waals surface area (Å²) in [6, 6.07) is 16.2. The summed E-state index contributed by atoms with van der Waals surface area (Å²) in [5.41, 5.74) is 3.52. The Morgan fingerprint density at radius 2 is 1.89 bits per heavy atom. The lowest BCUT2D eigenvalue weighted by molar-refractivity contribution is 0.791. The van der Waals surface area contributed by atoms with Crippen LogP contribution in [0.2, 0.25) is 5.02 Å². The fourth-order valence-corrected chi connectivity index (χ4v) is 2.82. The van der Waals surface area contributed by atoms with Gasteiger partial charge in [0, 0.05) is 37.6 Å². The standard InChI is InChI=1S/C20H22ClN5.HI/c1-22-20(24-11-10-16-6-8-18(21)9-7-16)25-14-17-4-2-3-5-19(17)26-13-12-23-15-26;/h2-9,12-13,15H,10-11,14H2,1H3,(H2,22,24,25);1H. The van der Waals surface area contributed by atoms with Crippen molar-refractivity contribution in [3.05, 3.63) is 83.4 Å². The highest BCUT2D eigenvalue weighted by atomic mass is 127. The molecular weight excluding hydrogens is 473 g/mol. The second-order valence-corrected chi connectivity index (χ2v) is 6.26. The third-order valence-electron chi connectivity index (χ3n) is 4.06. The zero-order chi connectivity index (χ0) is 18.2. The third kappa shape index (κ3) is 6.25. The van der Waals surface area contributed by atoms with E-state index in [1.807, 2.05) is 47.2 Å². The molecule has 0 saturated carbocycles. The number of imidazole rings is 1. The molecule has 2 N–H and O–H groups in total. The predicted octanol–water partition coefficient (Wildman–Crippen LogP) is 4.05. The Hall–Kier alpha value is -2.06. The smallest absolute Gasteiger partial charge is 0.191 e. The molecule has 0 bridgehead atoms. The molecule has 27 heavy (non-hydrogen) atoms. The van der Waals surface area contributed by atoms with Crippen molar-refractivity contribution in [3.8, 4) is 5.69 Å². The van der Waals surface area contributed by atoms with E-state index >= 15 is 0 Å². The molecule has 7 heteroatoms. The Morgan fingerprint density at radius 1 is 1.11 bits per heavy atom. The molecule has 0 atom stereocenters. The monoisotopic (exact) mass is 495 g/mol. The number of para-hydroxylation sites is 1. The number of benzene rings is 2. The Balaban J connectivity index is 0.00000261. The number of aliphatic imine (C=N–C) groups is 1. The number of guanidine groups is 1. The maximum absolute atomic E-state index is 5.92. The van der Waals surface area contributed by atoms with E-state index in [0.29, 0.717) is 6.54 Å². The van der Waals surface area contributed by atoms with Crippen LogP contribution in [0.1, 0.15) is 11.1 Å². The molecule has 0 fully saturated rings. The molecule has 1 heterocycles. The maximum Gasteiger partial charge on any atom is 0.191 e. The molecule has 142 valence electrons. The van der Waals surface area contributed by atoms with Crippen LogP contribution in [-0.2, 0) is 13.0 Å². The molecule has 0 aliphatic heterocycles. The fourth-order valence-electron chi connectivity index (χ4n) is 2.69. The molecular formula is C20H23ClIN5. The van der Waals surface area contributed by atoms with E-state index in [4.69, 9.17) is 11.6 Å². The highest BCUT2D eigenvalue weighted by Gasteiger charge is 2.05. The van der Waals surface area contributed by atoms with Gasteiger partial charge in [-0.15, -0.1) is 24.0 Å². The largest absolute Gasteiger partial charge is 0.356 e. The normalized spacial score (nSPS) is 11.0. The van der Waals surface area contributed by atoms with Gasteiger partial charge in [-0.1, -0.05) is 41.9 Å². The maximum atomic E-state index is 5.92. The highest BCUT2D eigenvalue weighted by Crippen LogP contribution is 2.13. The first kappa shape index (κ1) is 21.2. The van der Waals surface area contributed by atoms with E-state index < -0.39 is 0 Å². The quantitative estimate of drug-likeness (QED) is 0.308. The van der Waals surface area contributed by atoms with Gasteiger partial charge in [-0.3, -0.25) is 4.99 Å². The molecule has 0 amide bonds. The molecule has 1 aromatic heterocycles. The van der Waals surface area contributed by atoms with Crippen molar-refractivity contribution in [2.24, 2.45) is 4.99 Å². The summed E-state index contributed by atoms with van der Waals surface area (Å²) in [5.74, 6) is 0.777. The lowest BCUT2D eigenvalue weighted by Gasteiger charge is -2.14. The van der Waals surface area contributed by atoms with E-state index in [9.17, 15) is 0 Å². The molecule has 2 aromatic carbocycles. The van der Waals surface area contributed by atoms with Crippen LogP contribution in [-0.4, -0.2) is 29.1 Å². The first-order valence-corrected chi connectivity index (χ1v) is 8.89. The number of nitrogens with zero attached hydrogens (tertiary/aromatic N) is 3. The summed E-state index contributed by atoms with van der Waals surface area (Å²) < 4.78 is 2.01. The molecule has 0 aliphatic carbocycles. The van der Waals surface area contributed by atoms with Gasteiger partial charge in [-0.2, -0.15) is 0 Å². The van der Waals surface area contributed by atoms with Gasteiger partial charge < -0.3 is 15.2 Å². The molecule has 0 unspecified atom stereocenters. The zero-order valence-electron chi connectivity index (χ0n) is 15.1. The summed E-state index contributed by atoms with van der Waals surface area (Å²) in [6.07, 6.45) is 6.43. The van der Waals surface area contributed by atoms with E-state index in [-0.39, 0.29) is 24.0 Å². The van der Waals surface area contributed by atoms with Gasteiger partial charge in [-0.25, -0.2) is 4.98 Å². The summed E-state index contributed by atoms with van der Waals surface area (Å²) in [5, 5.41) is 7.47. The van der Waals surface area contributed by atoms with Crippen molar-refractivity contribution in [1.82, 2.24) is 20.2 Å². The third-order valence-corrected chi connectivity index (χ3v) is 4.32. The Kier molecular flexibility index (Phi) is 8.60. The Morgan fingerprint density at radius 3 is 2.59 bits per heavy atom. The molecule has 0 aliphatic rings. The van der Waals surface area contributed by atoms with Crippen LogP contribution in [0, 0.1) is 0 Å². The minimum Gasteiger partial charge on any atom is -0.356 e. The van der Waals surface area contributed by atoms with Crippen LogP contribution in [0.15, 0.2) is 72.2 Å². The van der Waals surface area contributed by atoms with Crippen LogP contribution in [0.5, 0.6) is 0 Å². The molecule has 3 aromatic rings. The molecule has 0 spiro atoms. The highest BCUT2D eigenvalue weighted by molar-refractivity contribution is 14.0. The van der Waals surface area contributed by atoms with Crippen LogP contribution in [0.25, 0.3) is 5.69 Å². The second-order valence-electron chi connectivity index (χ2n) is 5.83. The van der Waals surface area contributed by atoms with Crippen LogP contribution in [0.4, 0.5) is 0 Å². The summed E-state index contributed by atoms with van der Waals surface area (Å²) in [7, 11) is 1.78. The van der Waals surface area contributed by atoms with Crippen molar-refractivity contribution < 1.29 is 0 Å². The number of halogens is 2. The summed E-state index contributed by atoms with van der Waals surface area (Å²) in [6.45, 7) is 1.47. The van der Waals surface area contributed by atoms with Crippen molar-refractivity contribution >= 4 is 41.5 Å². The molecule has 0 radical (unpaired) electrons. The fraction of sp³-hybridized carbons (Fsp3) is 0.200. The van der Waals surface area contributed by atoms with E-state index in [1.54, 1.807) is 19.6 Å². The van der Waals surface area contributed by atoms with E-state index in [1.165, 1.54) is 11.1 Å². The van der Waals surface area contributed by atoms with Gasteiger partial charge >= 0.3 is 0 Å². The minimum atomic E-state index is 0. The van der Waals surface area contributed by atoms with E-state index in [0.717, 1.165) is 29.6 Å². The first-order chi connectivity index (χ1) is 12.8. The van der Waals surface area contributed by atoms with E-state index in [2.05, 4.69) is 32.7 Å². The van der Waals surface area contributed by atoms with Gasteiger partial charge in [0.2, 0.25) is 0 Å². The molecule has 3 rings (SSSR count). The average molecular weight is 496 g/mol. The summed E-state index contributed by atoms with van der Waals surface area (Å²) in [4.78, 5) is 8.42. The number of hydrogen-bond donors (Lipinski definition) is 2. The van der Waals surface area contributed by atoms with Crippen molar-refractivity contribution in [2.75, 3.05) is 13.6 Å². The zero-order valence-corrected chi connectivity index (χ0v) is 18.2. The molecule has 0 saturated heterocycles. The van der Waals surface area contributed by atoms with Crippen LogP contribution < -0.4 is 10.6 Å². The second kappa shape index (κ2) is 10.9. The van der Waals surface area contributed by atoms with Crippen molar-refractivity contribution in [2.45, 2.75) is 13.0 Å². The van der Waals surface area contributed by atoms with Gasteiger partial charge in [0.05, 0.1) is 12.0 Å². The van der Waals surface area contributed by atoms with Gasteiger partial charge in [0.15, 0.2) is 5.96 Å². The summed E-state index contributed by atoms with van der Waals surface area (Å²) >= 11 is 5.92. The average Bonchev–Trinajstić information content (AvgIpc) is 3.21. The van der Waals surface area contributed by atoms with Gasteiger partial charge in [0.25, 0.3) is 0 Å². The van der Waals surface area contributed by atoms with Crippen LogP contribution >= 0.6 is 35.6 Å². The molecule has 5 nitrogen and oxygen atoms in total. The van der Waals surface area contributed by atoms with Gasteiger partial charge in [-0.05, 0) is 35.7 Å². The minimum absolute atomic E-state index is 0. The number of rotatable bonds is 6. The van der Waals surface area contributed by atoms with Crippen molar-refractivity contribution in [3.63, 3.8) is 0 Å². The Labute approximate surface area is 181 Å². The topological polar surface area (TPSA) is 54.2 Å². The number of hydrogen-bond acceptors (Lipinski definition) is 2. The number of nitrogens with one attached hydrogen (secondary N) is 2. The first-order valence-electron chi connectivity index (χ1n) is 8.51. The number of aromatic nitrogens is 2. The SMILES string of the molecule is CN=C(NCCc1ccc(Cl)cc1)NCc1ccccc1-n1ccnc1.I. The lowest BCUT2D eigenvalue weighted by atomic mass is 10.1. The van der Waals surface area contributed by atoms with Gasteiger partial charge in [0.1, 0.15) is 0 Å². The Bertz CT molecular complexity index is 847. The van der Waals surface area contributed by atoms with Crippen molar-refractivity contribution in [1.29, 1.82) is 0 Å².